The molecule has 0 saturated carbocycles. The number of aromatic nitrogens is 2. The van der Waals surface area contributed by atoms with Gasteiger partial charge in [-0.05, 0) is 68.3 Å². The number of carbonyl (C=O) groups is 1. The van der Waals surface area contributed by atoms with Gasteiger partial charge < -0.3 is 10.6 Å². The molecule has 0 aliphatic carbocycles. The van der Waals surface area contributed by atoms with Crippen molar-refractivity contribution in [3.63, 3.8) is 0 Å². The number of amides is 1. The van der Waals surface area contributed by atoms with Gasteiger partial charge in [0, 0.05) is 23.8 Å². The van der Waals surface area contributed by atoms with Gasteiger partial charge in [-0.25, -0.2) is 4.68 Å². The van der Waals surface area contributed by atoms with Crippen LogP contribution in [0, 0.1) is 13.8 Å². The summed E-state index contributed by atoms with van der Waals surface area (Å²) in [6, 6.07) is 18.2. The third-order valence-electron chi connectivity index (χ3n) is 5.07. The van der Waals surface area contributed by atoms with Gasteiger partial charge in [0.2, 0.25) is 0 Å². The van der Waals surface area contributed by atoms with Gasteiger partial charge in [0.15, 0.2) is 0 Å². The zero-order valence-corrected chi connectivity index (χ0v) is 15.7. The Morgan fingerprint density at radius 2 is 1.96 bits per heavy atom. The van der Waals surface area contributed by atoms with Crippen LogP contribution in [0.2, 0.25) is 0 Å². The third kappa shape index (κ3) is 3.64. The lowest BCUT2D eigenvalue weighted by atomic mass is 9.94. The molecule has 3 aromatic rings. The Bertz CT molecular complexity index is 959. The maximum absolute atomic E-state index is 12.6. The van der Waals surface area contributed by atoms with Crippen LogP contribution in [-0.2, 0) is 6.42 Å². The smallest absolute Gasteiger partial charge is 0.251 e. The van der Waals surface area contributed by atoms with Gasteiger partial charge in [-0.1, -0.05) is 24.3 Å². The van der Waals surface area contributed by atoms with E-state index < -0.39 is 0 Å². The molecule has 0 spiro atoms. The molecule has 2 N–H and O–H groups in total. The average Bonchev–Trinajstić information content (AvgIpc) is 3.04. The number of aryl methyl sites for hydroxylation is 2. The zero-order valence-electron chi connectivity index (χ0n) is 15.7. The van der Waals surface area contributed by atoms with E-state index >= 15 is 0 Å². The fourth-order valence-electron chi connectivity index (χ4n) is 3.72. The highest BCUT2D eigenvalue weighted by Gasteiger charge is 2.19. The fraction of sp³-hybridized carbons (Fsp3) is 0.273. The molecule has 5 nitrogen and oxygen atoms in total. The first kappa shape index (κ1) is 17.5. The van der Waals surface area contributed by atoms with E-state index in [4.69, 9.17) is 0 Å². The van der Waals surface area contributed by atoms with E-state index in [-0.39, 0.29) is 11.9 Å². The van der Waals surface area contributed by atoms with Crippen LogP contribution in [0.15, 0.2) is 54.6 Å². The van der Waals surface area contributed by atoms with Crippen LogP contribution in [0.25, 0.3) is 5.69 Å². The highest BCUT2D eigenvalue weighted by molar-refractivity contribution is 5.94. The number of nitrogens with one attached hydrogen (secondary N) is 2. The Morgan fingerprint density at radius 3 is 2.70 bits per heavy atom. The van der Waals surface area contributed by atoms with Gasteiger partial charge in [0.1, 0.15) is 0 Å². The Hall–Kier alpha value is -2.92. The summed E-state index contributed by atoms with van der Waals surface area (Å²) in [5, 5.41) is 11.0. The lowest BCUT2D eigenvalue weighted by Gasteiger charge is -2.27. The number of benzene rings is 2. The van der Waals surface area contributed by atoms with E-state index in [1.54, 1.807) is 0 Å². The molecular weight excluding hydrogens is 336 g/mol. The second kappa shape index (κ2) is 7.37. The fourth-order valence-corrected chi connectivity index (χ4v) is 3.72. The molecule has 1 atom stereocenters. The van der Waals surface area contributed by atoms with Gasteiger partial charge in [0.25, 0.3) is 5.91 Å². The van der Waals surface area contributed by atoms with Crippen molar-refractivity contribution < 1.29 is 4.79 Å². The second-order valence-corrected chi connectivity index (χ2v) is 7.05. The van der Waals surface area contributed by atoms with Crippen molar-refractivity contribution in [3.8, 4) is 5.69 Å². The molecule has 2 heterocycles. The number of hydrogen-bond acceptors (Lipinski definition) is 3. The van der Waals surface area contributed by atoms with Gasteiger partial charge in [-0.15, -0.1) is 0 Å². The van der Waals surface area contributed by atoms with E-state index in [0.29, 0.717) is 12.1 Å². The maximum atomic E-state index is 12.6. The van der Waals surface area contributed by atoms with Gasteiger partial charge >= 0.3 is 0 Å². The number of carbonyl (C=O) groups excluding carboxylic acids is 1. The van der Waals surface area contributed by atoms with Crippen LogP contribution in [0.3, 0.4) is 0 Å². The standard InChI is InChI=1S/C22H24N4O/c1-15-13-16(2)26(25-15)19-9-7-18(8-10-19)22(27)24-14-21-20-6-4-3-5-17(20)11-12-23-21/h3-10,13,21,23H,11-12,14H2,1-2H3,(H,24,27). The van der Waals surface area contributed by atoms with E-state index in [1.165, 1.54) is 11.1 Å². The van der Waals surface area contributed by atoms with Crippen LogP contribution >= 0.6 is 0 Å². The number of fused-ring (bicyclic) bond motifs is 1. The summed E-state index contributed by atoms with van der Waals surface area (Å²) < 4.78 is 1.89. The highest BCUT2D eigenvalue weighted by Crippen LogP contribution is 2.22. The van der Waals surface area contributed by atoms with Crippen LogP contribution in [0.5, 0.6) is 0 Å². The summed E-state index contributed by atoms with van der Waals surface area (Å²) in [4.78, 5) is 12.6. The van der Waals surface area contributed by atoms with E-state index in [1.807, 2.05) is 48.9 Å². The molecule has 138 valence electrons. The van der Waals surface area contributed by atoms with Crippen molar-refractivity contribution in [2.24, 2.45) is 0 Å². The molecule has 4 rings (SSSR count). The Kier molecular flexibility index (Phi) is 4.77. The first-order valence-electron chi connectivity index (χ1n) is 9.35. The summed E-state index contributed by atoms with van der Waals surface area (Å²) in [5.41, 5.74) is 6.32. The van der Waals surface area contributed by atoms with Crippen LogP contribution in [0.4, 0.5) is 0 Å². The van der Waals surface area contributed by atoms with Crippen molar-refractivity contribution in [2.75, 3.05) is 13.1 Å². The Labute approximate surface area is 159 Å². The van der Waals surface area contributed by atoms with Gasteiger partial charge in [0.05, 0.1) is 11.4 Å². The van der Waals surface area contributed by atoms with Crippen molar-refractivity contribution in [1.29, 1.82) is 0 Å². The summed E-state index contributed by atoms with van der Waals surface area (Å²) in [5.74, 6) is -0.0558. The zero-order chi connectivity index (χ0) is 18.8. The predicted molar refractivity (Wildman–Crippen MR) is 106 cm³/mol. The molecular formula is C22H24N4O. The quantitative estimate of drug-likeness (QED) is 0.752. The SMILES string of the molecule is Cc1cc(C)n(-c2ccc(C(=O)NCC3NCCc4ccccc43)cc2)n1. The molecule has 0 saturated heterocycles. The minimum absolute atomic E-state index is 0.0558. The first-order valence-corrected chi connectivity index (χ1v) is 9.35. The molecule has 1 unspecified atom stereocenters. The molecule has 0 bridgehead atoms. The Balaban J connectivity index is 1.43. The highest BCUT2D eigenvalue weighted by atomic mass is 16.1. The largest absolute Gasteiger partial charge is 0.350 e. The summed E-state index contributed by atoms with van der Waals surface area (Å²) in [6.45, 7) is 5.52. The summed E-state index contributed by atoms with van der Waals surface area (Å²) >= 11 is 0. The van der Waals surface area contributed by atoms with Gasteiger partial charge in [-0.3, -0.25) is 4.79 Å². The predicted octanol–water partition coefficient (Wildman–Crippen LogP) is 3.11. The topological polar surface area (TPSA) is 59.0 Å². The van der Waals surface area contributed by atoms with Crippen LogP contribution < -0.4 is 10.6 Å². The molecule has 1 aliphatic heterocycles. The summed E-state index contributed by atoms with van der Waals surface area (Å²) in [6.07, 6.45) is 1.04. The molecule has 0 fully saturated rings. The molecule has 1 aromatic heterocycles. The lowest BCUT2D eigenvalue weighted by Crippen LogP contribution is -2.38. The number of rotatable bonds is 4. The van der Waals surface area contributed by atoms with Crippen molar-refractivity contribution in [3.05, 3.63) is 82.7 Å². The van der Waals surface area contributed by atoms with E-state index in [9.17, 15) is 4.79 Å². The van der Waals surface area contributed by atoms with Crippen molar-refractivity contribution >= 4 is 5.91 Å². The molecule has 5 heteroatoms. The monoisotopic (exact) mass is 360 g/mol. The molecule has 0 radical (unpaired) electrons. The van der Waals surface area contributed by atoms with E-state index in [0.717, 1.165) is 30.0 Å². The number of hydrogen-bond donors (Lipinski definition) is 2. The lowest BCUT2D eigenvalue weighted by molar-refractivity contribution is 0.0949. The maximum Gasteiger partial charge on any atom is 0.251 e. The van der Waals surface area contributed by atoms with Crippen molar-refractivity contribution in [1.82, 2.24) is 20.4 Å². The van der Waals surface area contributed by atoms with Crippen molar-refractivity contribution in [2.45, 2.75) is 26.3 Å². The van der Waals surface area contributed by atoms with Crippen LogP contribution in [0.1, 0.15) is 38.9 Å². The minimum Gasteiger partial charge on any atom is -0.350 e. The number of nitrogens with zero attached hydrogens (tertiary/aromatic N) is 2. The normalized spacial score (nSPS) is 16.0. The van der Waals surface area contributed by atoms with Gasteiger partial charge in [-0.2, -0.15) is 5.10 Å². The van der Waals surface area contributed by atoms with E-state index in [2.05, 4.69) is 40.0 Å². The Morgan fingerprint density at radius 1 is 1.19 bits per heavy atom. The first-order chi connectivity index (χ1) is 13.1. The molecule has 27 heavy (non-hydrogen) atoms. The second-order valence-electron chi connectivity index (χ2n) is 7.05. The van der Waals surface area contributed by atoms with Crippen LogP contribution in [-0.4, -0.2) is 28.8 Å². The average molecular weight is 360 g/mol. The summed E-state index contributed by atoms with van der Waals surface area (Å²) in [7, 11) is 0. The molecule has 2 aromatic carbocycles. The third-order valence-corrected chi connectivity index (χ3v) is 5.07. The molecule has 1 aliphatic rings. The molecule has 1 amide bonds. The minimum atomic E-state index is -0.0558.